The van der Waals surface area contributed by atoms with Crippen molar-refractivity contribution >= 4 is 65.0 Å². The van der Waals surface area contributed by atoms with Gasteiger partial charge in [-0.1, -0.05) is 145 Å². The van der Waals surface area contributed by atoms with Crippen molar-refractivity contribution in [1.82, 2.24) is 0 Å². The molecule has 0 saturated heterocycles. The molecule has 9 aromatic carbocycles. The average Bonchev–Trinajstić information content (AvgIpc) is 3.67. The van der Waals surface area contributed by atoms with Crippen LogP contribution in [0.5, 0.6) is 0 Å². The topological polar surface area (TPSA) is 13.1 Å². The highest BCUT2D eigenvalue weighted by Gasteiger charge is 2.18. The highest BCUT2D eigenvalue weighted by molar-refractivity contribution is 6.24. The molecule has 0 aliphatic heterocycles. The normalized spacial score (nSPS) is 16.3. The van der Waals surface area contributed by atoms with Crippen LogP contribution in [-0.2, 0) is 0 Å². The molecule has 47 heavy (non-hydrogen) atoms. The van der Waals surface area contributed by atoms with Gasteiger partial charge in [-0.25, -0.2) is 0 Å². The second kappa shape index (κ2) is 10.2. The molecule has 10 rings (SSSR count). The zero-order chi connectivity index (χ0) is 44.0. The van der Waals surface area contributed by atoms with Crippen molar-refractivity contribution in [3.05, 3.63) is 169 Å². The van der Waals surface area contributed by atoms with Crippen molar-refractivity contribution in [3.63, 3.8) is 0 Å². The largest absolute Gasteiger partial charge is 0.456 e. The molecule has 0 atom stereocenters. The molecule has 0 radical (unpaired) electrons. The third-order valence-electron chi connectivity index (χ3n) is 8.78. The van der Waals surface area contributed by atoms with Gasteiger partial charge < -0.3 is 4.42 Å². The third kappa shape index (κ3) is 3.97. The van der Waals surface area contributed by atoms with E-state index >= 15 is 0 Å². The Bertz CT molecular complexity index is 3620. The van der Waals surface area contributed by atoms with Crippen LogP contribution in [0.3, 0.4) is 0 Å². The van der Waals surface area contributed by atoms with Crippen LogP contribution in [0.15, 0.2) is 174 Å². The van der Waals surface area contributed by atoms with Gasteiger partial charge in [0.1, 0.15) is 11.2 Å². The van der Waals surface area contributed by atoms with Crippen LogP contribution in [0.4, 0.5) is 0 Å². The van der Waals surface area contributed by atoms with Crippen molar-refractivity contribution in [2.75, 3.05) is 0 Å². The zero-order valence-corrected chi connectivity index (χ0v) is 24.4. The number of rotatable bonds is 3. The molecule has 0 unspecified atom stereocenters. The van der Waals surface area contributed by atoms with Crippen LogP contribution in [-0.4, -0.2) is 0 Å². The van der Waals surface area contributed by atoms with Gasteiger partial charge in [0.15, 0.2) is 0 Å². The highest BCUT2D eigenvalue weighted by atomic mass is 16.3. The fourth-order valence-corrected chi connectivity index (χ4v) is 6.74. The van der Waals surface area contributed by atoms with Crippen molar-refractivity contribution in [1.29, 1.82) is 0 Å². The summed E-state index contributed by atoms with van der Waals surface area (Å²) in [5.41, 5.74) is 2.34. The average molecular weight is 612 g/mol. The summed E-state index contributed by atoms with van der Waals surface area (Å²) in [7, 11) is 0. The molecule has 1 nitrogen and oxygen atoms in total. The van der Waals surface area contributed by atoms with Gasteiger partial charge in [0.2, 0.25) is 0 Å². The molecule has 1 heterocycles. The van der Waals surface area contributed by atoms with Crippen LogP contribution in [0, 0.1) is 0 Å². The molecule has 0 aliphatic rings. The van der Waals surface area contributed by atoms with Crippen molar-refractivity contribution in [2.24, 2.45) is 0 Å². The minimum atomic E-state index is -0.757. The van der Waals surface area contributed by atoms with E-state index in [-0.39, 0.29) is 32.7 Å². The van der Waals surface area contributed by atoms with E-state index in [4.69, 9.17) is 18.1 Å². The van der Waals surface area contributed by atoms with Gasteiger partial charge in [-0.3, -0.25) is 0 Å². The lowest BCUT2D eigenvalue weighted by Crippen LogP contribution is -1.92. The van der Waals surface area contributed by atoms with Crippen LogP contribution < -0.4 is 0 Å². The van der Waals surface area contributed by atoms with Crippen molar-refractivity contribution in [3.8, 4) is 33.4 Å². The van der Waals surface area contributed by atoms with E-state index in [1.807, 2.05) is 60.7 Å². The Morgan fingerprint density at radius 1 is 0.383 bits per heavy atom. The number of hydrogen-bond acceptors (Lipinski definition) is 1. The Morgan fingerprint density at radius 3 is 1.83 bits per heavy atom. The summed E-state index contributed by atoms with van der Waals surface area (Å²) in [6.07, 6.45) is 0. The number of benzene rings is 9. The number of hydrogen-bond donors (Lipinski definition) is 0. The van der Waals surface area contributed by atoms with Gasteiger partial charge in [0.25, 0.3) is 0 Å². The van der Waals surface area contributed by atoms with E-state index in [1.54, 1.807) is 18.2 Å². The summed E-state index contributed by atoms with van der Waals surface area (Å²) in [5, 5.41) is 2.02. The smallest absolute Gasteiger partial charge is 0.136 e. The second-order valence-corrected chi connectivity index (χ2v) is 11.3. The van der Waals surface area contributed by atoms with E-state index in [0.29, 0.717) is 22.3 Å². The van der Waals surface area contributed by atoms with E-state index in [1.165, 1.54) is 0 Å². The molecular weight excluding hydrogens is 569 g/mol. The van der Waals surface area contributed by atoms with Crippen LogP contribution in [0.1, 0.15) is 20.6 Å². The first-order valence-electron chi connectivity index (χ1n) is 22.5. The Balaban J connectivity index is 1.39. The summed E-state index contributed by atoms with van der Waals surface area (Å²) in [5.74, 6) is 0. The first kappa shape index (κ1) is 15.4. The SMILES string of the molecule is [2H]c1c([2H])c([2H])c2c(-c3c4c([2H])c([2H])c([2H])c([2H])c4c(-c4cccc(-c5ccc6oc7ccc8ccccc8c7c6c5)c4)c4c([2H])c([2H])c([2H])c([2H])c34)c([2H])c([2H])c([2H])c2c1[2H]. The molecule has 0 bridgehead atoms. The van der Waals surface area contributed by atoms with Gasteiger partial charge in [0, 0.05) is 10.8 Å². The molecular formula is C46H28O. The van der Waals surface area contributed by atoms with Crippen molar-refractivity contribution in [2.45, 2.75) is 0 Å². The lowest BCUT2D eigenvalue weighted by atomic mass is 9.84. The lowest BCUT2D eigenvalue weighted by Gasteiger charge is -2.19. The standard InChI is InChI=1S/C46H28O/c1-3-16-34-29(11-1)13-10-22-36(34)45-39-20-7-5-18-37(39)44(38-19-6-8-21-40(38)45)33-15-9-14-31(27-33)32-24-25-42-41(28-32)46-35-17-4-2-12-30(35)23-26-43(46)47-42/h1-28H/i1D,3D,5D,6D,7D,8D,10D,11D,13D,16D,18D,19D,20D,21D,22D. The van der Waals surface area contributed by atoms with Crippen LogP contribution >= 0.6 is 0 Å². The van der Waals surface area contributed by atoms with Crippen LogP contribution in [0.25, 0.3) is 98.4 Å². The minimum absolute atomic E-state index is 0.0291. The Morgan fingerprint density at radius 2 is 1.02 bits per heavy atom. The maximum Gasteiger partial charge on any atom is 0.136 e. The predicted molar refractivity (Wildman–Crippen MR) is 200 cm³/mol. The zero-order valence-electron chi connectivity index (χ0n) is 39.4. The molecule has 1 aromatic heterocycles. The van der Waals surface area contributed by atoms with Gasteiger partial charge in [-0.05, 0) is 101 Å². The maximum atomic E-state index is 9.41. The van der Waals surface area contributed by atoms with Gasteiger partial charge in [-0.2, -0.15) is 0 Å². The quantitative estimate of drug-likeness (QED) is 0.181. The molecule has 0 saturated carbocycles. The molecule has 10 aromatic rings. The third-order valence-corrected chi connectivity index (χ3v) is 8.78. The Kier molecular flexibility index (Phi) is 3.33. The van der Waals surface area contributed by atoms with Gasteiger partial charge in [-0.15, -0.1) is 0 Å². The molecule has 0 amide bonds. The number of fused-ring (bicyclic) bond motifs is 8. The summed E-state index contributed by atoms with van der Waals surface area (Å²) in [6.45, 7) is 0. The first-order valence-corrected chi connectivity index (χ1v) is 15.0. The summed E-state index contributed by atoms with van der Waals surface area (Å²) in [6, 6.07) is 14.4. The molecule has 0 fully saturated rings. The predicted octanol–water partition coefficient (Wildman–Crippen LogP) is 13.2. The van der Waals surface area contributed by atoms with E-state index < -0.39 is 107 Å². The fourth-order valence-electron chi connectivity index (χ4n) is 6.74. The summed E-state index contributed by atoms with van der Waals surface area (Å²) in [4.78, 5) is 0. The van der Waals surface area contributed by atoms with Crippen LogP contribution in [0.2, 0.25) is 0 Å². The molecule has 1 heteroatoms. The molecule has 0 aliphatic carbocycles. The van der Waals surface area contributed by atoms with E-state index in [9.17, 15) is 6.85 Å². The Hall–Kier alpha value is -6.18. The summed E-state index contributed by atoms with van der Waals surface area (Å²) >= 11 is 0. The molecule has 0 N–H and O–H groups in total. The van der Waals surface area contributed by atoms with Gasteiger partial charge in [0.05, 0.1) is 20.6 Å². The molecule has 218 valence electrons. The first-order chi connectivity index (χ1) is 29.5. The maximum absolute atomic E-state index is 9.41. The fraction of sp³-hybridized carbons (Fsp3) is 0. The molecule has 0 spiro atoms. The van der Waals surface area contributed by atoms with Crippen molar-refractivity contribution < 1.29 is 25.0 Å². The number of furan rings is 1. The minimum Gasteiger partial charge on any atom is -0.456 e. The lowest BCUT2D eigenvalue weighted by molar-refractivity contribution is 0.669. The second-order valence-electron chi connectivity index (χ2n) is 11.3. The van der Waals surface area contributed by atoms with E-state index in [2.05, 4.69) is 0 Å². The Labute approximate surface area is 293 Å². The van der Waals surface area contributed by atoms with Gasteiger partial charge >= 0.3 is 0 Å². The highest BCUT2D eigenvalue weighted by Crippen LogP contribution is 2.46. The summed E-state index contributed by atoms with van der Waals surface area (Å²) < 4.78 is 141. The monoisotopic (exact) mass is 611 g/mol. The van der Waals surface area contributed by atoms with E-state index in [0.717, 1.165) is 27.1 Å².